The molecule has 152 valence electrons. The third-order valence-electron chi connectivity index (χ3n) is 4.30. The van der Waals surface area contributed by atoms with Gasteiger partial charge >= 0.3 is 0 Å². The molecule has 0 unspecified atom stereocenters. The molecule has 0 aliphatic rings. The monoisotopic (exact) mass is 377 g/mol. The molecule has 0 atom stereocenters. The molecule has 0 bridgehead atoms. The number of carbonyl (C=O) groups is 1. The van der Waals surface area contributed by atoms with Crippen LogP contribution in [0, 0.1) is 0 Å². The summed E-state index contributed by atoms with van der Waals surface area (Å²) in [6.45, 7) is 2.85. The van der Waals surface area contributed by atoms with Crippen LogP contribution < -0.4 is 14.2 Å². The molecule has 0 fully saturated rings. The van der Waals surface area contributed by atoms with Crippen LogP contribution in [-0.4, -0.2) is 45.7 Å². The van der Waals surface area contributed by atoms with Gasteiger partial charge in [0.1, 0.15) is 0 Å². The lowest BCUT2D eigenvalue weighted by Crippen LogP contribution is -2.20. The van der Waals surface area contributed by atoms with E-state index in [9.17, 15) is 4.79 Å². The van der Waals surface area contributed by atoms with Gasteiger partial charge in [-0.05, 0) is 37.0 Å². The normalized spacial score (nSPS) is 10.9. The summed E-state index contributed by atoms with van der Waals surface area (Å²) in [5, 5.41) is 0. The number of benzene rings is 1. The van der Waals surface area contributed by atoms with Crippen molar-refractivity contribution in [3.8, 4) is 17.2 Å². The lowest BCUT2D eigenvalue weighted by molar-refractivity contribution is -0.128. The maximum absolute atomic E-state index is 11.6. The zero-order chi connectivity index (χ0) is 20.1. The average Bonchev–Trinajstić information content (AvgIpc) is 2.67. The smallest absolute Gasteiger partial charge is 0.222 e. The van der Waals surface area contributed by atoms with E-state index in [0.717, 1.165) is 31.2 Å². The number of allylic oxidation sites excluding steroid dienone is 1. The quantitative estimate of drug-likeness (QED) is 0.457. The first-order chi connectivity index (χ1) is 13.0. The molecule has 0 spiro atoms. The molecule has 0 saturated heterocycles. The van der Waals surface area contributed by atoms with Crippen molar-refractivity contribution < 1.29 is 19.0 Å². The van der Waals surface area contributed by atoms with E-state index < -0.39 is 0 Å². The zero-order valence-electron chi connectivity index (χ0n) is 17.5. The van der Waals surface area contributed by atoms with Crippen LogP contribution >= 0.6 is 0 Å². The van der Waals surface area contributed by atoms with E-state index in [-0.39, 0.29) is 5.91 Å². The van der Waals surface area contributed by atoms with E-state index in [2.05, 4.69) is 13.0 Å². The third-order valence-corrected chi connectivity index (χ3v) is 4.30. The van der Waals surface area contributed by atoms with Crippen LogP contribution in [0.4, 0.5) is 0 Å². The summed E-state index contributed by atoms with van der Waals surface area (Å²) in [5.74, 6) is 2.16. The summed E-state index contributed by atoms with van der Waals surface area (Å²) < 4.78 is 16.9. The second-order valence-electron chi connectivity index (χ2n) is 6.75. The predicted molar refractivity (Wildman–Crippen MR) is 111 cm³/mol. The number of hydrogen-bond donors (Lipinski definition) is 0. The number of amides is 1. The third kappa shape index (κ3) is 8.37. The van der Waals surface area contributed by atoms with Crippen LogP contribution in [0.15, 0.2) is 18.2 Å². The molecule has 0 aromatic heterocycles. The number of hydrogen-bond acceptors (Lipinski definition) is 4. The van der Waals surface area contributed by atoms with Gasteiger partial charge in [0.2, 0.25) is 11.7 Å². The maximum atomic E-state index is 11.6. The molecule has 1 rings (SSSR count). The van der Waals surface area contributed by atoms with Crippen molar-refractivity contribution in [2.75, 3.05) is 34.9 Å². The fourth-order valence-electron chi connectivity index (χ4n) is 2.66. The van der Waals surface area contributed by atoms with Crippen LogP contribution in [0.5, 0.6) is 17.2 Å². The predicted octanol–water partition coefficient (Wildman–Crippen LogP) is 4.93. The van der Waals surface area contributed by atoms with E-state index in [1.165, 1.54) is 12.8 Å². The summed E-state index contributed by atoms with van der Waals surface area (Å²) >= 11 is 0. The zero-order valence-corrected chi connectivity index (χ0v) is 17.5. The molecule has 0 aliphatic heterocycles. The van der Waals surface area contributed by atoms with Crippen LogP contribution in [-0.2, 0) is 4.79 Å². The second kappa shape index (κ2) is 13.1. The highest BCUT2D eigenvalue weighted by Crippen LogP contribution is 2.39. The fourth-order valence-corrected chi connectivity index (χ4v) is 2.66. The number of methoxy groups -OCH3 is 2. The van der Waals surface area contributed by atoms with Gasteiger partial charge in [-0.25, -0.2) is 0 Å². The van der Waals surface area contributed by atoms with Crippen LogP contribution in [0.1, 0.15) is 57.4 Å². The molecular formula is C22H35NO4. The minimum atomic E-state index is 0.159. The minimum absolute atomic E-state index is 0.159. The standard InChI is InChI=1S/C22H35NO4/c1-6-7-8-12-15-27-22-19(25-4)16-18(17-20(22)26-5)13-10-9-11-14-21(24)23(2)3/h10,13,16-17H,6-9,11-12,14-15H2,1-5H3/b13-10+. The van der Waals surface area contributed by atoms with Crippen molar-refractivity contribution in [3.05, 3.63) is 23.8 Å². The number of rotatable bonds is 13. The molecule has 5 heteroatoms. The van der Waals surface area contributed by atoms with Crippen molar-refractivity contribution >= 4 is 12.0 Å². The minimum Gasteiger partial charge on any atom is -0.493 e. The van der Waals surface area contributed by atoms with Gasteiger partial charge in [-0.2, -0.15) is 0 Å². The first-order valence-electron chi connectivity index (χ1n) is 9.79. The Morgan fingerprint density at radius 1 is 1.04 bits per heavy atom. The summed E-state index contributed by atoms with van der Waals surface area (Å²) in [4.78, 5) is 13.2. The number of unbranched alkanes of at least 4 members (excludes halogenated alkanes) is 4. The van der Waals surface area contributed by atoms with Gasteiger partial charge in [-0.3, -0.25) is 4.79 Å². The van der Waals surface area contributed by atoms with Crippen molar-refractivity contribution in [2.24, 2.45) is 0 Å². The Morgan fingerprint density at radius 2 is 1.70 bits per heavy atom. The highest BCUT2D eigenvalue weighted by molar-refractivity contribution is 5.75. The van der Waals surface area contributed by atoms with E-state index in [0.29, 0.717) is 30.3 Å². The Kier molecular flexibility index (Phi) is 11.1. The highest BCUT2D eigenvalue weighted by Gasteiger charge is 2.13. The van der Waals surface area contributed by atoms with Crippen molar-refractivity contribution in [1.29, 1.82) is 0 Å². The first-order valence-corrected chi connectivity index (χ1v) is 9.79. The van der Waals surface area contributed by atoms with Crippen LogP contribution in [0.2, 0.25) is 0 Å². The maximum Gasteiger partial charge on any atom is 0.222 e. The molecule has 0 saturated carbocycles. The summed E-state index contributed by atoms with van der Waals surface area (Å²) in [7, 11) is 6.84. The van der Waals surface area contributed by atoms with E-state index in [1.54, 1.807) is 33.2 Å². The summed E-state index contributed by atoms with van der Waals surface area (Å²) in [6.07, 6.45) is 11.0. The molecule has 0 N–H and O–H groups in total. The fraction of sp³-hybridized carbons (Fsp3) is 0.591. The Morgan fingerprint density at radius 3 is 2.26 bits per heavy atom. The molecule has 1 amide bonds. The van der Waals surface area contributed by atoms with Gasteiger partial charge in [0.15, 0.2) is 11.5 Å². The van der Waals surface area contributed by atoms with Gasteiger partial charge in [-0.15, -0.1) is 0 Å². The molecule has 1 aromatic carbocycles. The molecule has 27 heavy (non-hydrogen) atoms. The van der Waals surface area contributed by atoms with E-state index in [4.69, 9.17) is 14.2 Å². The SMILES string of the molecule is CCCCCCOc1c(OC)cc(/C=C/CCCC(=O)N(C)C)cc1OC. The first kappa shape index (κ1) is 22.9. The molecular weight excluding hydrogens is 342 g/mol. The van der Waals surface area contributed by atoms with E-state index >= 15 is 0 Å². The molecule has 5 nitrogen and oxygen atoms in total. The topological polar surface area (TPSA) is 48.0 Å². The van der Waals surface area contributed by atoms with Crippen molar-refractivity contribution in [3.63, 3.8) is 0 Å². The van der Waals surface area contributed by atoms with Gasteiger partial charge in [0.25, 0.3) is 0 Å². The average molecular weight is 378 g/mol. The molecule has 0 heterocycles. The Bertz CT molecular complexity index is 571. The van der Waals surface area contributed by atoms with Gasteiger partial charge < -0.3 is 19.1 Å². The molecule has 0 aliphatic carbocycles. The van der Waals surface area contributed by atoms with Gasteiger partial charge in [0, 0.05) is 20.5 Å². The number of carbonyl (C=O) groups excluding carboxylic acids is 1. The van der Waals surface area contributed by atoms with Gasteiger partial charge in [-0.1, -0.05) is 38.3 Å². The van der Waals surface area contributed by atoms with Crippen LogP contribution in [0.3, 0.4) is 0 Å². The largest absolute Gasteiger partial charge is 0.493 e. The molecule has 1 aromatic rings. The Labute approximate surface area is 164 Å². The van der Waals surface area contributed by atoms with Gasteiger partial charge in [0.05, 0.1) is 20.8 Å². The summed E-state index contributed by atoms with van der Waals surface area (Å²) in [6, 6.07) is 3.90. The van der Waals surface area contributed by atoms with Crippen molar-refractivity contribution in [1.82, 2.24) is 4.90 Å². The highest BCUT2D eigenvalue weighted by atomic mass is 16.5. The second-order valence-corrected chi connectivity index (χ2v) is 6.75. The van der Waals surface area contributed by atoms with E-state index in [1.807, 2.05) is 18.2 Å². The van der Waals surface area contributed by atoms with Crippen LogP contribution in [0.25, 0.3) is 6.08 Å². The summed E-state index contributed by atoms with van der Waals surface area (Å²) in [5.41, 5.74) is 0.987. The Hall–Kier alpha value is -2.17. The lowest BCUT2D eigenvalue weighted by Gasteiger charge is -2.15. The Balaban J connectivity index is 2.68. The molecule has 0 radical (unpaired) electrons. The van der Waals surface area contributed by atoms with Crippen molar-refractivity contribution in [2.45, 2.75) is 51.9 Å². The number of nitrogens with zero attached hydrogens (tertiary/aromatic N) is 1. The lowest BCUT2D eigenvalue weighted by atomic mass is 10.1. The number of ether oxygens (including phenoxy) is 3.